The second kappa shape index (κ2) is 10.1. The van der Waals surface area contributed by atoms with Gasteiger partial charge in [-0.1, -0.05) is 56.8 Å². The van der Waals surface area contributed by atoms with Crippen molar-refractivity contribution in [2.24, 2.45) is 4.99 Å². The van der Waals surface area contributed by atoms with Crippen molar-refractivity contribution in [3.63, 3.8) is 0 Å². The standard InChI is InChI=1S/C21H29ClN2S.BrH/c1-3-5-14-23-20-24(15-6-4-2)19(16-25-20)21(12-7-13-21)17-8-10-18(22)11-9-17;/h8-11,16H,3-7,12-15H2,1-2H3;1H/b23-20+;. The third-order valence-corrected chi connectivity index (χ3v) is 6.54. The van der Waals surface area contributed by atoms with Crippen LogP contribution in [0.5, 0.6) is 0 Å². The molecule has 1 aromatic carbocycles. The first-order valence-electron chi connectivity index (χ1n) is 9.66. The van der Waals surface area contributed by atoms with Crippen LogP contribution in [0, 0.1) is 0 Å². The molecule has 0 radical (unpaired) electrons. The van der Waals surface area contributed by atoms with E-state index in [0.29, 0.717) is 0 Å². The van der Waals surface area contributed by atoms with Gasteiger partial charge in [0, 0.05) is 34.6 Å². The van der Waals surface area contributed by atoms with Crippen molar-refractivity contribution in [3.8, 4) is 0 Å². The molecule has 1 aliphatic carbocycles. The first kappa shape index (κ1) is 21.7. The lowest BCUT2D eigenvalue weighted by molar-refractivity contribution is 0.281. The van der Waals surface area contributed by atoms with E-state index < -0.39 is 0 Å². The molecule has 1 saturated carbocycles. The molecule has 0 saturated heterocycles. The fraction of sp³-hybridized carbons (Fsp3) is 0.571. The predicted octanol–water partition coefficient (Wildman–Crippen LogP) is 6.75. The summed E-state index contributed by atoms with van der Waals surface area (Å²) < 4.78 is 2.51. The third-order valence-electron chi connectivity index (χ3n) is 5.39. The lowest BCUT2D eigenvalue weighted by Crippen LogP contribution is -2.39. The molecule has 26 heavy (non-hydrogen) atoms. The van der Waals surface area contributed by atoms with Crippen LogP contribution in [-0.2, 0) is 12.0 Å². The minimum absolute atomic E-state index is 0. The van der Waals surface area contributed by atoms with E-state index in [4.69, 9.17) is 16.6 Å². The van der Waals surface area contributed by atoms with Crippen molar-refractivity contribution in [1.29, 1.82) is 0 Å². The van der Waals surface area contributed by atoms with Crippen LogP contribution in [0.15, 0.2) is 34.6 Å². The number of halogens is 2. The largest absolute Gasteiger partial charge is 0.320 e. The third kappa shape index (κ3) is 4.45. The summed E-state index contributed by atoms with van der Waals surface area (Å²) in [7, 11) is 0. The lowest BCUT2D eigenvalue weighted by atomic mass is 9.62. The molecule has 3 rings (SSSR count). The van der Waals surface area contributed by atoms with Gasteiger partial charge in [0.25, 0.3) is 0 Å². The van der Waals surface area contributed by atoms with Crippen LogP contribution in [0.25, 0.3) is 0 Å². The molecule has 144 valence electrons. The molecule has 0 spiro atoms. The van der Waals surface area contributed by atoms with E-state index in [9.17, 15) is 0 Å². The summed E-state index contributed by atoms with van der Waals surface area (Å²) in [4.78, 5) is 6.12. The van der Waals surface area contributed by atoms with Crippen molar-refractivity contribution < 1.29 is 0 Å². The molecule has 2 nitrogen and oxygen atoms in total. The van der Waals surface area contributed by atoms with Crippen molar-refractivity contribution in [3.05, 3.63) is 50.7 Å². The Morgan fingerprint density at radius 1 is 1.12 bits per heavy atom. The SMILES string of the molecule is Br.CCCC/N=c1/scc(C2(c3ccc(Cl)cc3)CCC2)n1CCCC. The minimum atomic E-state index is 0. The highest BCUT2D eigenvalue weighted by Gasteiger charge is 2.42. The Hall–Kier alpha value is -0.580. The van der Waals surface area contributed by atoms with Crippen molar-refractivity contribution in [1.82, 2.24) is 4.57 Å². The molecule has 0 aliphatic heterocycles. The number of nitrogens with zero attached hydrogens (tertiary/aromatic N) is 2. The van der Waals surface area contributed by atoms with Crippen LogP contribution >= 0.6 is 39.9 Å². The first-order valence-corrected chi connectivity index (χ1v) is 10.9. The molecule has 1 heterocycles. The highest BCUT2D eigenvalue weighted by atomic mass is 79.9. The zero-order valence-electron chi connectivity index (χ0n) is 15.8. The maximum atomic E-state index is 6.13. The number of unbranched alkanes of at least 4 members (excludes halogenated alkanes) is 2. The molecule has 0 bridgehead atoms. The zero-order chi connectivity index (χ0) is 17.7. The van der Waals surface area contributed by atoms with Gasteiger partial charge in [-0.2, -0.15) is 0 Å². The summed E-state index contributed by atoms with van der Waals surface area (Å²) in [5.74, 6) is 0. The summed E-state index contributed by atoms with van der Waals surface area (Å²) in [5, 5.41) is 3.19. The average molecular weight is 458 g/mol. The molecule has 1 aromatic heterocycles. The Morgan fingerprint density at radius 2 is 1.81 bits per heavy atom. The highest BCUT2D eigenvalue weighted by molar-refractivity contribution is 8.93. The van der Waals surface area contributed by atoms with Gasteiger partial charge in [0.05, 0.1) is 0 Å². The van der Waals surface area contributed by atoms with Crippen LogP contribution < -0.4 is 4.80 Å². The topological polar surface area (TPSA) is 17.3 Å². The Balaban J connectivity index is 0.00000243. The van der Waals surface area contributed by atoms with Gasteiger partial charge in [0.1, 0.15) is 0 Å². The smallest absolute Gasteiger partial charge is 0.184 e. The van der Waals surface area contributed by atoms with Gasteiger partial charge >= 0.3 is 0 Å². The summed E-state index contributed by atoms with van der Waals surface area (Å²) in [5.41, 5.74) is 3.04. The van der Waals surface area contributed by atoms with Crippen LogP contribution in [0.4, 0.5) is 0 Å². The summed E-state index contributed by atoms with van der Waals surface area (Å²) in [6.45, 7) is 6.51. The molecule has 0 unspecified atom stereocenters. The van der Waals surface area contributed by atoms with E-state index in [1.807, 2.05) is 23.5 Å². The second-order valence-corrected chi connectivity index (χ2v) is 8.36. The van der Waals surface area contributed by atoms with E-state index in [1.165, 1.54) is 61.0 Å². The molecule has 0 N–H and O–H groups in total. The van der Waals surface area contributed by atoms with Crippen molar-refractivity contribution in [2.75, 3.05) is 6.54 Å². The maximum Gasteiger partial charge on any atom is 0.184 e. The zero-order valence-corrected chi connectivity index (χ0v) is 19.1. The van der Waals surface area contributed by atoms with Gasteiger partial charge < -0.3 is 4.57 Å². The number of rotatable bonds is 8. The van der Waals surface area contributed by atoms with Gasteiger partial charge in [-0.05, 0) is 43.4 Å². The van der Waals surface area contributed by atoms with Crippen LogP contribution in [0.2, 0.25) is 5.02 Å². The Morgan fingerprint density at radius 3 is 2.38 bits per heavy atom. The van der Waals surface area contributed by atoms with Gasteiger partial charge in [0.2, 0.25) is 0 Å². The first-order chi connectivity index (χ1) is 12.2. The highest BCUT2D eigenvalue weighted by Crippen LogP contribution is 2.49. The van der Waals surface area contributed by atoms with Crippen LogP contribution in [0.3, 0.4) is 0 Å². The van der Waals surface area contributed by atoms with Gasteiger partial charge in [-0.15, -0.1) is 28.3 Å². The quantitative estimate of drug-likeness (QED) is 0.390. The fourth-order valence-corrected chi connectivity index (χ4v) is 4.87. The van der Waals surface area contributed by atoms with Crippen LogP contribution in [-0.4, -0.2) is 11.1 Å². The number of hydrogen-bond acceptors (Lipinski definition) is 2. The number of thiazole rings is 1. The van der Waals surface area contributed by atoms with Crippen LogP contribution in [0.1, 0.15) is 70.1 Å². The van der Waals surface area contributed by atoms with E-state index >= 15 is 0 Å². The fourth-order valence-electron chi connectivity index (χ4n) is 3.69. The normalized spacial score (nSPS) is 16.2. The number of aromatic nitrogens is 1. The van der Waals surface area contributed by atoms with E-state index in [0.717, 1.165) is 18.1 Å². The minimum Gasteiger partial charge on any atom is -0.320 e. The monoisotopic (exact) mass is 456 g/mol. The molecule has 2 aromatic rings. The molecule has 1 aliphatic rings. The predicted molar refractivity (Wildman–Crippen MR) is 119 cm³/mol. The number of hydrogen-bond donors (Lipinski definition) is 0. The van der Waals surface area contributed by atoms with Crippen molar-refractivity contribution >= 4 is 39.9 Å². The van der Waals surface area contributed by atoms with Gasteiger partial charge in [0.15, 0.2) is 4.80 Å². The van der Waals surface area contributed by atoms with Gasteiger partial charge in [-0.25, -0.2) is 0 Å². The molecular formula is C21H30BrClN2S. The maximum absolute atomic E-state index is 6.13. The Bertz CT molecular complexity index is 744. The Labute approximate surface area is 177 Å². The molecule has 0 atom stereocenters. The van der Waals surface area contributed by atoms with E-state index in [2.05, 4.69) is 35.9 Å². The molecular weight excluding hydrogens is 428 g/mol. The molecule has 1 fully saturated rings. The molecule has 0 amide bonds. The lowest BCUT2D eigenvalue weighted by Gasteiger charge is -2.43. The summed E-state index contributed by atoms with van der Waals surface area (Å²) >= 11 is 7.95. The Kier molecular flexibility index (Phi) is 8.43. The summed E-state index contributed by atoms with van der Waals surface area (Å²) in [6.07, 6.45) is 8.55. The molecule has 5 heteroatoms. The van der Waals surface area contributed by atoms with Crippen molar-refractivity contribution in [2.45, 2.75) is 70.8 Å². The summed E-state index contributed by atoms with van der Waals surface area (Å²) in [6, 6.07) is 8.51. The van der Waals surface area contributed by atoms with E-state index in [-0.39, 0.29) is 22.4 Å². The second-order valence-electron chi connectivity index (χ2n) is 7.09. The average Bonchev–Trinajstić information content (AvgIpc) is 2.97. The van der Waals surface area contributed by atoms with Gasteiger partial charge in [-0.3, -0.25) is 4.99 Å². The number of benzene rings is 1. The van der Waals surface area contributed by atoms with E-state index in [1.54, 1.807) is 0 Å².